The first-order valence-corrected chi connectivity index (χ1v) is 5.95. The summed E-state index contributed by atoms with van der Waals surface area (Å²) in [5, 5.41) is 0. The van der Waals surface area contributed by atoms with Crippen LogP contribution in [-0.2, 0) is 0 Å². The van der Waals surface area contributed by atoms with Crippen molar-refractivity contribution < 1.29 is 0 Å². The van der Waals surface area contributed by atoms with E-state index in [1.165, 1.54) is 0 Å². The number of nitrogen functional groups attached to an aromatic ring is 1. The highest BCUT2D eigenvalue weighted by Crippen LogP contribution is 2.23. The lowest BCUT2D eigenvalue weighted by atomic mass is 9.97. The minimum Gasteiger partial charge on any atom is -0.399 e. The molecule has 0 aromatic heterocycles. The molecular formula is C15H23N3. The van der Waals surface area contributed by atoms with Gasteiger partial charge in [0.15, 0.2) is 0 Å². The Labute approximate surface area is 110 Å². The Bertz CT molecular complexity index is 433. The van der Waals surface area contributed by atoms with Gasteiger partial charge in [-0.3, -0.25) is 0 Å². The Hall–Kier alpha value is -2.00. The molecule has 1 rings (SSSR count). The molecule has 0 aliphatic rings. The van der Waals surface area contributed by atoms with Gasteiger partial charge in [-0.05, 0) is 29.3 Å². The normalized spacial score (nSPS) is 12.6. The van der Waals surface area contributed by atoms with E-state index in [9.17, 15) is 0 Å². The Morgan fingerprint density at radius 1 is 1.22 bits per heavy atom. The van der Waals surface area contributed by atoms with Crippen LogP contribution in [0.4, 0.5) is 5.69 Å². The molecule has 18 heavy (non-hydrogen) atoms. The van der Waals surface area contributed by atoms with Crippen LogP contribution in [0.1, 0.15) is 25.5 Å². The molecule has 1 aromatic rings. The van der Waals surface area contributed by atoms with E-state index in [0.29, 0.717) is 11.4 Å². The third kappa shape index (κ3) is 4.11. The molecule has 1 atom stereocenters. The number of nitrogens with two attached hydrogens (primary N) is 3. The van der Waals surface area contributed by atoms with Crippen LogP contribution in [0.3, 0.4) is 0 Å². The molecule has 3 heteroatoms. The van der Waals surface area contributed by atoms with Crippen molar-refractivity contribution in [2.45, 2.75) is 19.9 Å². The summed E-state index contributed by atoms with van der Waals surface area (Å²) in [5.41, 5.74) is 20.4. The topological polar surface area (TPSA) is 78.1 Å². The molecule has 0 bridgehead atoms. The highest BCUT2D eigenvalue weighted by atomic mass is 14.7. The monoisotopic (exact) mass is 245 g/mol. The van der Waals surface area contributed by atoms with Gasteiger partial charge in [-0.25, -0.2) is 0 Å². The predicted octanol–water partition coefficient (Wildman–Crippen LogP) is 2.88. The molecule has 3 nitrogen and oxygen atoms in total. The summed E-state index contributed by atoms with van der Waals surface area (Å²) in [4.78, 5) is 0. The van der Waals surface area contributed by atoms with Gasteiger partial charge >= 0.3 is 0 Å². The zero-order valence-corrected chi connectivity index (χ0v) is 11.2. The number of benzene rings is 1. The lowest BCUT2D eigenvalue weighted by Gasteiger charge is -2.15. The van der Waals surface area contributed by atoms with E-state index in [2.05, 4.69) is 13.2 Å². The van der Waals surface area contributed by atoms with Crippen LogP contribution in [0.15, 0.2) is 60.8 Å². The highest BCUT2D eigenvalue weighted by Gasteiger charge is 2.11. The predicted molar refractivity (Wildman–Crippen MR) is 80.7 cm³/mol. The average Bonchev–Trinajstić information content (AvgIpc) is 2.41. The van der Waals surface area contributed by atoms with Crippen LogP contribution in [0.25, 0.3) is 0 Å². The molecule has 1 unspecified atom stereocenters. The van der Waals surface area contributed by atoms with Crippen LogP contribution >= 0.6 is 0 Å². The van der Waals surface area contributed by atoms with E-state index < -0.39 is 0 Å². The molecule has 0 saturated heterocycles. The van der Waals surface area contributed by atoms with Crippen molar-refractivity contribution in [3.63, 3.8) is 0 Å². The third-order valence-electron chi connectivity index (χ3n) is 2.38. The fourth-order valence-corrected chi connectivity index (χ4v) is 1.47. The van der Waals surface area contributed by atoms with E-state index in [0.717, 1.165) is 11.1 Å². The number of anilines is 1. The van der Waals surface area contributed by atoms with E-state index in [-0.39, 0.29) is 6.04 Å². The summed E-state index contributed by atoms with van der Waals surface area (Å²) < 4.78 is 0. The van der Waals surface area contributed by atoms with Gasteiger partial charge in [0.05, 0.1) is 6.04 Å². The molecule has 0 spiro atoms. The van der Waals surface area contributed by atoms with Gasteiger partial charge in [0.1, 0.15) is 0 Å². The summed E-state index contributed by atoms with van der Waals surface area (Å²) in [6, 6.07) is 7.06. The zero-order chi connectivity index (χ0) is 14.1. The number of hydrogen-bond acceptors (Lipinski definition) is 3. The molecule has 6 N–H and O–H groups in total. The molecule has 0 amide bonds. The molecule has 0 heterocycles. The maximum absolute atomic E-state index is 6.08. The molecule has 1 aromatic carbocycles. The average molecular weight is 245 g/mol. The van der Waals surface area contributed by atoms with Crippen molar-refractivity contribution in [2.24, 2.45) is 11.5 Å². The Kier molecular flexibility index (Phi) is 7.24. The molecule has 0 saturated carbocycles. The third-order valence-corrected chi connectivity index (χ3v) is 2.38. The molecule has 0 aliphatic heterocycles. The smallest absolute Gasteiger partial charge is 0.0572 e. The fraction of sp³-hybridized carbons (Fsp3) is 0.200. The first-order chi connectivity index (χ1) is 8.60. The van der Waals surface area contributed by atoms with Crippen molar-refractivity contribution in [3.05, 3.63) is 66.4 Å². The molecular weight excluding hydrogens is 222 g/mol. The van der Waals surface area contributed by atoms with Crippen molar-refractivity contribution >= 4 is 5.69 Å². The Morgan fingerprint density at radius 2 is 1.83 bits per heavy atom. The number of allylic oxidation sites excluding steroid dienone is 1. The van der Waals surface area contributed by atoms with E-state index in [1.54, 1.807) is 12.2 Å². The van der Waals surface area contributed by atoms with Gasteiger partial charge in [0.25, 0.3) is 0 Å². The number of rotatable bonds is 4. The first kappa shape index (κ1) is 16.0. The van der Waals surface area contributed by atoms with Gasteiger partial charge in [-0.15, -0.1) is 0 Å². The van der Waals surface area contributed by atoms with E-state index in [4.69, 9.17) is 17.2 Å². The molecule has 98 valence electrons. The van der Waals surface area contributed by atoms with Gasteiger partial charge in [-0.1, -0.05) is 45.2 Å². The second-order valence-corrected chi connectivity index (χ2v) is 3.47. The van der Waals surface area contributed by atoms with Gasteiger partial charge < -0.3 is 17.2 Å². The van der Waals surface area contributed by atoms with Crippen LogP contribution < -0.4 is 17.2 Å². The lowest BCUT2D eigenvalue weighted by Crippen LogP contribution is -2.16. The summed E-state index contributed by atoms with van der Waals surface area (Å²) in [6.45, 7) is 11.3. The molecule has 0 fully saturated rings. The van der Waals surface area contributed by atoms with Crippen LogP contribution in [0, 0.1) is 0 Å². The minimum atomic E-state index is -0.334. The molecule has 0 radical (unpaired) electrons. The Morgan fingerprint density at radius 3 is 2.28 bits per heavy atom. The summed E-state index contributed by atoms with van der Waals surface area (Å²) in [5.74, 6) is 0. The van der Waals surface area contributed by atoms with E-state index in [1.807, 2.05) is 38.1 Å². The van der Waals surface area contributed by atoms with Crippen molar-refractivity contribution in [2.75, 3.05) is 5.73 Å². The summed E-state index contributed by atoms with van der Waals surface area (Å²) in [6.07, 6.45) is 3.20. The second-order valence-electron chi connectivity index (χ2n) is 3.47. The standard InChI is InChI=1S/C13H17N3.C2H6/c1-3-11(12(15)4-2)13(16)9-6-5-7-10(14)8-9;1-2/h3-8,13H,1-2,14-16H2;1-2H3/b12-11-;. The van der Waals surface area contributed by atoms with Gasteiger partial charge in [0.2, 0.25) is 0 Å². The van der Waals surface area contributed by atoms with Crippen LogP contribution in [0.2, 0.25) is 0 Å². The maximum Gasteiger partial charge on any atom is 0.0572 e. The molecule has 0 aliphatic carbocycles. The van der Waals surface area contributed by atoms with Crippen LogP contribution in [-0.4, -0.2) is 0 Å². The van der Waals surface area contributed by atoms with Gasteiger partial charge in [0, 0.05) is 11.4 Å². The maximum atomic E-state index is 6.08. The first-order valence-electron chi connectivity index (χ1n) is 5.95. The van der Waals surface area contributed by atoms with Gasteiger partial charge in [-0.2, -0.15) is 0 Å². The highest BCUT2D eigenvalue weighted by molar-refractivity contribution is 5.46. The summed E-state index contributed by atoms with van der Waals surface area (Å²) in [7, 11) is 0. The van der Waals surface area contributed by atoms with Crippen molar-refractivity contribution in [1.29, 1.82) is 0 Å². The van der Waals surface area contributed by atoms with Crippen molar-refractivity contribution in [3.8, 4) is 0 Å². The number of hydrogen-bond donors (Lipinski definition) is 3. The van der Waals surface area contributed by atoms with Crippen LogP contribution in [0.5, 0.6) is 0 Å². The summed E-state index contributed by atoms with van der Waals surface area (Å²) >= 11 is 0. The lowest BCUT2D eigenvalue weighted by molar-refractivity contribution is 0.859. The largest absolute Gasteiger partial charge is 0.399 e. The Balaban J connectivity index is 0.00000137. The second kappa shape index (κ2) is 8.14. The zero-order valence-electron chi connectivity index (χ0n) is 11.2. The SMILES string of the molecule is C=C/C(N)=C(\C=C)C(N)c1cccc(N)c1.CC. The quantitative estimate of drug-likeness (QED) is 0.564. The minimum absolute atomic E-state index is 0.334. The fourth-order valence-electron chi connectivity index (χ4n) is 1.47. The van der Waals surface area contributed by atoms with E-state index >= 15 is 0 Å². The van der Waals surface area contributed by atoms with Crippen molar-refractivity contribution in [1.82, 2.24) is 0 Å².